The largest absolute Gasteiger partial charge is 0.496 e. The SMILES string of the molecule is COc1ccc(OC)c2c1[C@@H](c1cccc(NS(C)(=O)=O)c1)O[C@H]1CCCC[C@@H]21. The molecule has 3 atom stereocenters. The molecule has 0 saturated heterocycles. The molecule has 1 N–H and O–H groups in total. The van der Waals surface area contributed by atoms with Gasteiger partial charge < -0.3 is 14.2 Å². The molecular formula is C22H27NO5S. The minimum Gasteiger partial charge on any atom is -0.496 e. The molecular weight excluding hydrogens is 390 g/mol. The van der Waals surface area contributed by atoms with Gasteiger partial charge in [0.05, 0.1) is 26.6 Å². The summed E-state index contributed by atoms with van der Waals surface area (Å²) < 4.78 is 44.0. The van der Waals surface area contributed by atoms with E-state index in [1.807, 2.05) is 30.3 Å². The van der Waals surface area contributed by atoms with Crippen LogP contribution in [0.3, 0.4) is 0 Å². The van der Waals surface area contributed by atoms with Crippen molar-refractivity contribution >= 4 is 15.7 Å². The van der Waals surface area contributed by atoms with Gasteiger partial charge in [0.25, 0.3) is 0 Å². The number of ether oxygens (including phenoxy) is 3. The van der Waals surface area contributed by atoms with E-state index >= 15 is 0 Å². The van der Waals surface area contributed by atoms with Crippen LogP contribution in [0.4, 0.5) is 5.69 Å². The van der Waals surface area contributed by atoms with Gasteiger partial charge in [-0.2, -0.15) is 0 Å². The first-order valence-corrected chi connectivity index (χ1v) is 11.8. The second-order valence-electron chi connectivity index (χ2n) is 7.74. The highest BCUT2D eigenvalue weighted by atomic mass is 32.2. The molecule has 0 unspecified atom stereocenters. The van der Waals surface area contributed by atoms with Crippen LogP contribution in [0.5, 0.6) is 11.5 Å². The summed E-state index contributed by atoms with van der Waals surface area (Å²) in [6, 6.07) is 11.2. The van der Waals surface area contributed by atoms with Crippen LogP contribution in [0.15, 0.2) is 36.4 Å². The molecule has 1 aliphatic carbocycles. The Morgan fingerprint density at radius 2 is 1.69 bits per heavy atom. The maximum Gasteiger partial charge on any atom is 0.229 e. The summed E-state index contributed by atoms with van der Waals surface area (Å²) in [4.78, 5) is 0. The Kier molecular flexibility index (Phi) is 5.44. The van der Waals surface area contributed by atoms with E-state index in [0.29, 0.717) is 5.69 Å². The molecule has 1 fully saturated rings. The van der Waals surface area contributed by atoms with Crippen molar-refractivity contribution in [1.82, 2.24) is 0 Å². The van der Waals surface area contributed by atoms with Crippen LogP contribution in [0.25, 0.3) is 0 Å². The zero-order valence-corrected chi connectivity index (χ0v) is 17.8. The predicted octanol–water partition coefficient (Wildman–Crippen LogP) is 4.22. The third-order valence-corrected chi connectivity index (χ3v) is 6.39. The van der Waals surface area contributed by atoms with Crippen molar-refractivity contribution in [2.45, 2.75) is 43.8 Å². The van der Waals surface area contributed by atoms with Crippen LogP contribution in [-0.2, 0) is 14.8 Å². The van der Waals surface area contributed by atoms with Crippen molar-refractivity contribution in [3.8, 4) is 11.5 Å². The van der Waals surface area contributed by atoms with Crippen LogP contribution in [-0.4, -0.2) is 35.0 Å². The maximum absolute atomic E-state index is 11.7. The highest BCUT2D eigenvalue weighted by Crippen LogP contribution is 2.52. The van der Waals surface area contributed by atoms with E-state index in [-0.39, 0.29) is 18.1 Å². The second kappa shape index (κ2) is 7.88. The molecule has 29 heavy (non-hydrogen) atoms. The number of rotatable bonds is 5. The van der Waals surface area contributed by atoms with Crippen molar-refractivity contribution in [2.75, 3.05) is 25.2 Å². The summed E-state index contributed by atoms with van der Waals surface area (Å²) >= 11 is 0. The lowest BCUT2D eigenvalue weighted by Crippen LogP contribution is -2.34. The lowest BCUT2D eigenvalue weighted by molar-refractivity contribution is -0.0406. The molecule has 0 bridgehead atoms. The van der Waals surface area contributed by atoms with Crippen LogP contribution in [0.1, 0.15) is 54.4 Å². The highest BCUT2D eigenvalue weighted by molar-refractivity contribution is 7.92. The summed E-state index contributed by atoms with van der Waals surface area (Å²) in [7, 11) is -0.00727. The number of sulfonamides is 1. The molecule has 1 saturated carbocycles. The smallest absolute Gasteiger partial charge is 0.229 e. The quantitative estimate of drug-likeness (QED) is 0.788. The van der Waals surface area contributed by atoms with Crippen molar-refractivity contribution in [2.24, 2.45) is 0 Å². The number of benzene rings is 2. The van der Waals surface area contributed by atoms with Crippen molar-refractivity contribution in [1.29, 1.82) is 0 Å². The number of anilines is 1. The van der Waals surface area contributed by atoms with Gasteiger partial charge in [-0.25, -0.2) is 8.42 Å². The van der Waals surface area contributed by atoms with Gasteiger partial charge in [-0.15, -0.1) is 0 Å². The lowest BCUT2D eigenvalue weighted by Gasteiger charge is -2.42. The minimum absolute atomic E-state index is 0.105. The van der Waals surface area contributed by atoms with E-state index in [1.54, 1.807) is 20.3 Å². The second-order valence-corrected chi connectivity index (χ2v) is 9.49. The molecule has 4 rings (SSSR count). The molecule has 2 aromatic carbocycles. The zero-order valence-electron chi connectivity index (χ0n) is 17.0. The van der Waals surface area contributed by atoms with Crippen LogP contribution in [0.2, 0.25) is 0 Å². The van der Waals surface area contributed by atoms with Gasteiger partial charge in [-0.05, 0) is 42.7 Å². The van der Waals surface area contributed by atoms with Crippen molar-refractivity contribution < 1.29 is 22.6 Å². The van der Waals surface area contributed by atoms with Gasteiger partial charge >= 0.3 is 0 Å². The predicted molar refractivity (Wildman–Crippen MR) is 112 cm³/mol. The Morgan fingerprint density at radius 3 is 2.38 bits per heavy atom. The molecule has 0 radical (unpaired) electrons. The summed E-state index contributed by atoms with van der Waals surface area (Å²) in [5.41, 5.74) is 3.54. The Bertz CT molecular complexity index is 1000. The molecule has 156 valence electrons. The van der Waals surface area contributed by atoms with Crippen molar-refractivity contribution in [3.05, 3.63) is 53.1 Å². The van der Waals surface area contributed by atoms with Crippen LogP contribution in [0, 0.1) is 0 Å². The topological polar surface area (TPSA) is 73.9 Å². The normalized spacial score (nSPS) is 23.6. The summed E-state index contributed by atoms with van der Waals surface area (Å²) in [6.07, 6.45) is 5.27. The number of hydrogen-bond acceptors (Lipinski definition) is 5. The van der Waals surface area contributed by atoms with Crippen LogP contribution < -0.4 is 14.2 Å². The summed E-state index contributed by atoms with van der Waals surface area (Å²) in [6.45, 7) is 0. The first-order chi connectivity index (χ1) is 13.9. The molecule has 2 aromatic rings. The summed E-state index contributed by atoms with van der Waals surface area (Å²) in [5, 5.41) is 0. The highest BCUT2D eigenvalue weighted by Gasteiger charge is 2.41. The van der Waals surface area contributed by atoms with Gasteiger partial charge in [0.2, 0.25) is 10.0 Å². The molecule has 0 amide bonds. The average Bonchev–Trinajstić information content (AvgIpc) is 2.71. The fourth-order valence-corrected chi connectivity index (χ4v) is 5.22. The number of nitrogens with one attached hydrogen (secondary N) is 1. The van der Waals surface area contributed by atoms with Gasteiger partial charge in [0, 0.05) is 22.7 Å². The molecule has 7 heteroatoms. The Balaban J connectivity index is 1.86. The molecule has 1 aliphatic heterocycles. The monoisotopic (exact) mass is 417 g/mol. The first kappa shape index (κ1) is 20.0. The lowest BCUT2D eigenvalue weighted by atomic mass is 9.75. The van der Waals surface area contributed by atoms with Gasteiger partial charge in [0.1, 0.15) is 17.6 Å². The van der Waals surface area contributed by atoms with E-state index in [4.69, 9.17) is 14.2 Å². The van der Waals surface area contributed by atoms with Crippen molar-refractivity contribution in [3.63, 3.8) is 0 Å². The molecule has 1 heterocycles. The number of methoxy groups -OCH3 is 2. The Labute approximate surface area is 172 Å². The van der Waals surface area contributed by atoms with E-state index in [9.17, 15) is 8.42 Å². The van der Waals surface area contributed by atoms with Gasteiger partial charge in [0.15, 0.2) is 0 Å². The molecule has 6 nitrogen and oxygen atoms in total. The van der Waals surface area contributed by atoms with E-state index in [0.717, 1.165) is 53.7 Å². The molecule has 0 aromatic heterocycles. The molecule has 0 spiro atoms. The Morgan fingerprint density at radius 1 is 1.00 bits per heavy atom. The van der Waals surface area contributed by atoms with E-state index < -0.39 is 10.0 Å². The van der Waals surface area contributed by atoms with Gasteiger partial charge in [-0.3, -0.25) is 4.72 Å². The average molecular weight is 418 g/mol. The summed E-state index contributed by atoms with van der Waals surface area (Å²) in [5.74, 6) is 1.89. The van der Waals surface area contributed by atoms with Crippen LogP contribution >= 0.6 is 0 Å². The number of hydrogen-bond donors (Lipinski definition) is 1. The zero-order chi connectivity index (χ0) is 20.6. The maximum atomic E-state index is 11.7. The van der Waals surface area contributed by atoms with E-state index in [2.05, 4.69) is 4.72 Å². The Hall–Kier alpha value is -2.25. The van der Waals surface area contributed by atoms with E-state index in [1.165, 1.54) is 6.42 Å². The minimum atomic E-state index is -3.36. The van der Waals surface area contributed by atoms with Gasteiger partial charge in [-0.1, -0.05) is 25.0 Å². The third kappa shape index (κ3) is 3.94. The number of fused-ring (bicyclic) bond motifs is 3. The fraction of sp³-hybridized carbons (Fsp3) is 0.455. The molecule has 2 aliphatic rings. The fourth-order valence-electron chi connectivity index (χ4n) is 4.66. The standard InChI is InChI=1S/C22H27NO5S/c1-26-18-11-12-19(27-2)21-20(18)16-9-4-5-10-17(16)28-22(21)14-7-6-8-15(13-14)23-29(3,24)25/h6-8,11-13,16-17,22-23H,4-5,9-10H2,1-3H3/t16-,17+,22-/m1/s1. The third-order valence-electron chi connectivity index (χ3n) is 5.79. The first-order valence-electron chi connectivity index (χ1n) is 9.89.